The quantitative estimate of drug-likeness (QED) is 0.875. The summed E-state index contributed by atoms with van der Waals surface area (Å²) >= 11 is 5.81. The van der Waals surface area contributed by atoms with E-state index in [9.17, 15) is 4.79 Å². The monoisotopic (exact) mass is 304 g/mol. The molecule has 0 radical (unpaired) electrons. The van der Waals surface area contributed by atoms with E-state index in [1.54, 1.807) is 24.3 Å². The molecule has 0 unspecified atom stereocenters. The lowest BCUT2D eigenvalue weighted by atomic mass is 10.2. The number of carbonyl (C=O) groups excluding carboxylic acids is 1. The predicted octanol–water partition coefficient (Wildman–Crippen LogP) is 4.06. The number of ether oxygens (including phenoxy) is 1. The normalized spacial score (nSPS) is 10.0. The highest BCUT2D eigenvalue weighted by Gasteiger charge is 2.02. The van der Waals surface area contributed by atoms with Crippen LogP contribution >= 0.6 is 11.6 Å². The summed E-state index contributed by atoms with van der Waals surface area (Å²) in [5.41, 5.74) is 1.70. The largest absolute Gasteiger partial charge is 0.494 e. The number of rotatable bonds is 5. The van der Waals surface area contributed by atoms with Gasteiger partial charge in [0, 0.05) is 17.3 Å². The maximum atomic E-state index is 11.8. The van der Waals surface area contributed by atoms with Crippen molar-refractivity contribution in [3.8, 4) is 5.75 Å². The van der Waals surface area contributed by atoms with Crippen LogP contribution in [-0.2, 0) is 6.54 Å². The minimum atomic E-state index is -0.255. The van der Waals surface area contributed by atoms with E-state index in [4.69, 9.17) is 16.3 Å². The lowest BCUT2D eigenvalue weighted by Gasteiger charge is -2.09. The second-order valence-electron chi connectivity index (χ2n) is 4.39. The Labute approximate surface area is 129 Å². The highest BCUT2D eigenvalue weighted by atomic mass is 35.5. The molecule has 0 spiro atoms. The van der Waals surface area contributed by atoms with Crippen LogP contribution in [0.3, 0.4) is 0 Å². The Morgan fingerprint density at radius 2 is 1.76 bits per heavy atom. The Balaban J connectivity index is 1.82. The first-order valence-corrected chi connectivity index (χ1v) is 7.07. The fraction of sp³-hybridized carbons (Fsp3) is 0.188. The number of urea groups is 1. The molecular formula is C16H17ClN2O2. The predicted molar refractivity (Wildman–Crippen MR) is 84.9 cm³/mol. The maximum Gasteiger partial charge on any atom is 0.319 e. The molecule has 110 valence electrons. The van der Waals surface area contributed by atoms with Gasteiger partial charge in [-0.2, -0.15) is 0 Å². The van der Waals surface area contributed by atoms with E-state index < -0.39 is 0 Å². The summed E-state index contributed by atoms with van der Waals surface area (Å²) in [6, 6.07) is 14.3. The number of carbonyl (C=O) groups is 1. The van der Waals surface area contributed by atoms with E-state index in [0.29, 0.717) is 23.9 Å². The fourth-order valence-corrected chi connectivity index (χ4v) is 1.89. The first kappa shape index (κ1) is 15.2. The third-order valence-corrected chi connectivity index (χ3v) is 3.04. The first-order chi connectivity index (χ1) is 10.2. The van der Waals surface area contributed by atoms with E-state index in [2.05, 4.69) is 10.6 Å². The van der Waals surface area contributed by atoms with Crippen LogP contribution in [0.15, 0.2) is 48.5 Å². The van der Waals surface area contributed by atoms with Gasteiger partial charge in [-0.15, -0.1) is 0 Å². The van der Waals surface area contributed by atoms with Crippen LogP contribution in [0.2, 0.25) is 5.02 Å². The van der Waals surface area contributed by atoms with E-state index in [0.717, 1.165) is 11.3 Å². The number of hydrogen-bond acceptors (Lipinski definition) is 2. The van der Waals surface area contributed by atoms with Crippen LogP contribution in [0.5, 0.6) is 5.75 Å². The van der Waals surface area contributed by atoms with Gasteiger partial charge in [-0.1, -0.05) is 23.7 Å². The van der Waals surface area contributed by atoms with Gasteiger partial charge >= 0.3 is 6.03 Å². The average molecular weight is 305 g/mol. The zero-order valence-electron chi connectivity index (χ0n) is 11.7. The van der Waals surface area contributed by atoms with Gasteiger partial charge in [-0.25, -0.2) is 4.79 Å². The maximum absolute atomic E-state index is 11.8. The summed E-state index contributed by atoms with van der Waals surface area (Å²) in [6.45, 7) is 2.99. The van der Waals surface area contributed by atoms with Crippen molar-refractivity contribution in [1.29, 1.82) is 0 Å². The highest BCUT2D eigenvalue weighted by Crippen LogP contribution is 2.15. The second-order valence-corrected chi connectivity index (χ2v) is 4.83. The minimum Gasteiger partial charge on any atom is -0.494 e. The molecule has 2 N–H and O–H groups in total. The molecule has 2 aromatic rings. The summed E-state index contributed by atoms with van der Waals surface area (Å²) in [4.78, 5) is 11.8. The number of amides is 2. The number of benzene rings is 2. The second kappa shape index (κ2) is 7.55. The van der Waals surface area contributed by atoms with Gasteiger partial charge in [-0.3, -0.25) is 0 Å². The molecule has 0 aliphatic rings. The van der Waals surface area contributed by atoms with Crippen LogP contribution in [-0.4, -0.2) is 12.6 Å². The molecule has 0 aliphatic heterocycles. The van der Waals surface area contributed by atoms with Gasteiger partial charge in [0.15, 0.2) is 0 Å². The molecule has 0 atom stereocenters. The van der Waals surface area contributed by atoms with Gasteiger partial charge < -0.3 is 15.4 Å². The van der Waals surface area contributed by atoms with Crippen LogP contribution < -0.4 is 15.4 Å². The SMILES string of the molecule is CCOc1ccc(NC(=O)NCc2ccc(Cl)cc2)cc1. The summed E-state index contributed by atoms with van der Waals surface area (Å²) in [5, 5.41) is 6.22. The van der Waals surface area contributed by atoms with E-state index >= 15 is 0 Å². The standard InChI is InChI=1S/C16H17ClN2O2/c1-2-21-15-9-7-14(8-10-15)19-16(20)18-11-12-3-5-13(17)6-4-12/h3-10H,2,11H2,1H3,(H2,18,19,20). The highest BCUT2D eigenvalue weighted by molar-refractivity contribution is 6.30. The summed E-state index contributed by atoms with van der Waals surface area (Å²) in [7, 11) is 0. The molecule has 2 rings (SSSR count). The van der Waals surface area contributed by atoms with Crippen molar-refractivity contribution in [2.45, 2.75) is 13.5 Å². The lowest BCUT2D eigenvalue weighted by molar-refractivity contribution is 0.251. The fourth-order valence-electron chi connectivity index (χ4n) is 1.76. The van der Waals surface area contributed by atoms with Crippen molar-refractivity contribution >= 4 is 23.3 Å². The van der Waals surface area contributed by atoms with Gasteiger partial charge in [0.1, 0.15) is 5.75 Å². The van der Waals surface area contributed by atoms with Crippen molar-refractivity contribution in [2.24, 2.45) is 0 Å². The number of nitrogens with one attached hydrogen (secondary N) is 2. The molecule has 0 aromatic heterocycles. The Hall–Kier alpha value is -2.20. The Morgan fingerprint density at radius 3 is 2.38 bits per heavy atom. The average Bonchev–Trinajstić information content (AvgIpc) is 2.49. The van der Waals surface area contributed by atoms with Crippen molar-refractivity contribution in [3.63, 3.8) is 0 Å². The van der Waals surface area contributed by atoms with E-state index in [-0.39, 0.29) is 6.03 Å². The smallest absolute Gasteiger partial charge is 0.319 e. The Bertz CT molecular complexity index is 582. The first-order valence-electron chi connectivity index (χ1n) is 6.69. The summed E-state index contributed by atoms with van der Waals surface area (Å²) in [6.07, 6.45) is 0. The van der Waals surface area contributed by atoms with Crippen LogP contribution in [0, 0.1) is 0 Å². The molecular weight excluding hydrogens is 288 g/mol. The Morgan fingerprint density at radius 1 is 1.10 bits per heavy atom. The molecule has 2 amide bonds. The molecule has 0 heterocycles. The number of hydrogen-bond donors (Lipinski definition) is 2. The summed E-state index contributed by atoms with van der Waals surface area (Å²) < 4.78 is 5.34. The molecule has 0 aliphatic carbocycles. The van der Waals surface area contributed by atoms with Crippen LogP contribution in [0.25, 0.3) is 0 Å². The molecule has 0 fully saturated rings. The van der Waals surface area contributed by atoms with E-state index in [1.165, 1.54) is 0 Å². The molecule has 0 bridgehead atoms. The van der Waals surface area contributed by atoms with Crippen molar-refractivity contribution < 1.29 is 9.53 Å². The third-order valence-electron chi connectivity index (χ3n) is 2.79. The minimum absolute atomic E-state index is 0.255. The zero-order valence-corrected chi connectivity index (χ0v) is 12.5. The van der Waals surface area contributed by atoms with Crippen molar-refractivity contribution in [1.82, 2.24) is 5.32 Å². The number of anilines is 1. The number of halogens is 1. The van der Waals surface area contributed by atoms with Crippen molar-refractivity contribution in [3.05, 3.63) is 59.1 Å². The molecule has 21 heavy (non-hydrogen) atoms. The topological polar surface area (TPSA) is 50.4 Å². The molecule has 2 aromatic carbocycles. The van der Waals surface area contributed by atoms with Crippen LogP contribution in [0.4, 0.5) is 10.5 Å². The van der Waals surface area contributed by atoms with Gasteiger partial charge in [0.2, 0.25) is 0 Å². The molecule has 5 heteroatoms. The molecule has 0 saturated carbocycles. The van der Waals surface area contributed by atoms with Crippen molar-refractivity contribution in [2.75, 3.05) is 11.9 Å². The van der Waals surface area contributed by atoms with Crippen LogP contribution in [0.1, 0.15) is 12.5 Å². The van der Waals surface area contributed by atoms with E-state index in [1.807, 2.05) is 31.2 Å². The van der Waals surface area contributed by atoms with Gasteiger partial charge in [-0.05, 0) is 48.9 Å². The molecule has 0 saturated heterocycles. The third kappa shape index (κ3) is 5.00. The Kier molecular flexibility index (Phi) is 5.46. The molecule has 4 nitrogen and oxygen atoms in total. The lowest BCUT2D eigenvalue weighted by Crippen LogP contribution is -2.28. The zero-order chi connectivity index (χ0) is 15.1. The van der Waals surface area contributed by atoms with Gasteiger partial charge in [0.05, 0.1) is 6.61 Å². The van der Waals surface area contributed by atoms with Gasteiger partial charge in [0.25, 0.3) is 0 Å². The summed E-state index contributed by atoms with van der Waals surface area (Å²) in [5.74, 6) is 0.782.